The van der Waals surface area contributed by atoms with Crippen LogP contribution in [0.5, 0.6) is 0 Å². The van der Waals surface area contributed by atoms with Gasteiger partial charge in [0, 0.05) is 6.42 Å². The third kappa shape index (κ3) is 1.42. The number of aliphatic hydroxyl groups is 1. The van der Waals surface area contributed by atoms with E-state index in [9.17, 15) is 9.50 Å². The number of rotatable bonds is 1. The molecule has 1 N–H and O–H groups in total. The van der Waals surface area contributed by atoms with E-state index in [1.54, 1.807) is 12.1 Å². The first-order valence-corrected chi connectivity index (χ1v) is 4.73. The summed E-state index contributed by atoms with van der Waals surface area (Å²) < 4.78 is 18.0. The molecule has 2 rings (SSSR count). The molecule has 1 aromatic carbocycles. The Balaban J connectivity index is 2.34. The van der Waals surface area contributed by atoms with E-state index < -0.39 is 5.60 Å². The first-order chi connectivity index (χ1) is 6.63. The van der Waals surface area contributed by atoms with E-state index in [2.05, 4.69) is 0 Å². The SMILES string of the molecule is CC1OCCC1(O)c1ccc(F)cc1. The largest absolute Gasteiger partial charge is 0.382 e. The molecule has 0 bridgehead atoms. The molecule has 1 fully saturated rings. The molecule has 1 heterocycles. The lowest BCUT2D eigenvalue weighted by molar-refractivity contribution is -0.0317. The maximum Gasteiger partial charge on any atom is 0.123 e. The van der Waals surface area contributed by atoms with Gasteiger partial charge in [-0.25, -0.2) is 4.39 Å². The maximum atomic E-state index is 12.7. The lowest BCUT2D eigenvalue weighted by Crippen LogP contribution is -2.33. The average molecular weight is 196 g/mol. The van der Waals surface area contributed by atoms with Crippen LogP contribution in [0.4, 0.5) is 4.39 Å². The highest BCUT2D eigenvalue weighted by Gasteiger charge is 2.40. The molecule has 0 spiro atoms. The minimum Gasteiger partial charge on any atom is -0.382 e. The molecule has 0 saturated carbocycles. The summed E-state index contributed by atoms with van der Waals surface area (Å²) in [6, 6.07) is 5.94. The maximum absolute atomic E-state index is 12.7. The van der Waals surface area contributed by atoms with E-state index in [-0.39, 0.29) is 11.9 Å². The summed E-state index contributed by atoms with van der Waals surface area (Å²) in [5, 5.41) is 10.3. The van der Waals surface area contributed by atoms with Crippen molar-refractivity contribution < 1.29 is 14.2 Å². The highest BCUT2D eigenvalue weighted by molar-refractivity contribution is 5.25. The minimum atomic E-state index is -0.951. The Morgan fingerprint density at radius 1 is 1.43 bits per heavy atom. The number of benzene rings is 1. The highest BCUT2D eigenvalue weighted by Crippen LogP contribution is 2.35. The molecular formula is C11H13FO2. The van der Waals surface area contributed by atoms with E-state index in [0.29, 0.717) is 13.0 Å². The standard InChI is InChI=1S/C11H13FO2/c1-8-11(13,6-7-14-8)9-2-4-10(12)5-3-9/h2-5,8,13H,6-7H2,1H3. The Hall–Kier alpha value is -0.930. The molecule has 1 aromatic rings. The Bertz CT molecular complexity index is 323. The highest BCUT2D eigenvalue weighted by atomic mass is 19.1. The molecule has 0 aromatic heterocycles. The van der Waals surface area contributed by atoms with Crippen LogP contribution in [0, 0.1) is 5.82 Å². The van der Waals surface area contributed by atoms with Crippen molar-refractivity contribution in [3.05, 3.63) is 35.6 Å². The molecule has 2 unspecified atom stereocenters. The van der Waals surface area contributed by atoms with Crippen LogP contribution < -0.4 is 0 Å². The van der Waals surface area contributed by atoms with Gasteiger partial charge in [0.1, 0.15) is 11.4 Å². The van der Waals surface area contributed by atoms with Crippen molar-refractivity contribution in [2.24, 2.45) is 0 Å². The van der Waals surface area contributed by atoms with Gasteiger partial charge in [0.2, 0.25) is 0 Å². The van der Waals surface area contributed by atoms with Crippen LogP contribution in [-0.4, -0.2) is 17.8 Å². The normalized spacial score (nSPS) is 32.1. The lowest BCUT2D eigenvalue weighted by atomic mass is 9.88. The summed E-state index contributed by atoms with van der Waals surface area (Å²) in [5.41, 5.74) is -0.225. The predicted octanol–water partition coefficient (Wildman–Crippen LogP) is 1.82. The van der Waals surface area contributed by atoms with Crippen LogP contribution in [-0.2, 0) is 10.3 Å². The third-order valence-electron chi connectivity index (χ3n) is 2.87. The Kier molecular flexibility index (Phi) is 2.29. The molecule has 0 amide bonds. The molecule has 0 radical (unpaired) electrons. The van der Waals surface area contributed by atoms with E-state index in [1.807, 2.05) is 6.92 Å². The van der Waals surface area contributed by atoms with Crippen molar-refractivity contribution in [2.75, 3.05) is 6.61 Å². The van der Waals surface area contributed by atoms with E-state index in [1.165, 1.54) is 12.1 Å². The van der Waals surface area contributed by atoms with E-state index >= 15 is 0 Å². The van der Waals surface area contributed by atoms with Crippen LogP contribution in [0.25, 0.3) is 0 Å². The van der Waals surface area contributed by atoms with Crippen LogP contribution in [0.3, 0.4) is 0 Å². The zero-order valence-electron chi connectivity index (χ0n) is 8.03. The van der Waals surface area contributed by atoms with Crippen molar-refractivity contribution in [1.82, 2.24) is 0 Å². The van der Waals surface area contributed by atoms with Crippen LogP contribution in [0.2, 0.25) is 0 Å². The molecule has 3 heteroatoms. The molecule has 1 saturated heterocycles. The summed E-state index contributed by atoms with van der Waals surface area (Å²) >= 11 is 0. The van der Waals surface area contributed by atoms with Crippen molar-refractivity contribution in [3.63, 3.8) is 0 Å². The average Bonchev–Trinajstić information content (AvgIpc) is 2.49. The molecule has 2 atom stereocenters. The topological polar surface area (TPSA) is 29.5 Å². The summed E-state index contributed by atoms with van der Waals surface area (Å²) in [5.74, 6) is -0.288. The molecule has 2 nitrogen and oxygen atoms in total. The fourth-order valence-corrected chi connectivity index (χ4v) is 1.85. The smallest absolute Gasteiger partial charge is 0.123 e. The van der Waals surface area contributed by atoms with E-state index in [4.69, 9.17) is 4.74 Å². The minimum absolute atomic E-state index is 0.229. The monoisotopic (exact) mass is 196 g/mol. The van der Waals surface area contributed by atoms with Gasteiger partial charge in [0.15, 0.2) is 0 Å². The third-order valence-corrected chi connectivity index (χ3v) is 2.87. The fraction of sp³-hybridized carbons (Fsp3) is 0.455. The van der Waals surface area contributed by atoms with Gasteiger partial charge in [0.05, 0.1) is 12.7 Å². The van der Waals surface area contributed by atoms with Gasteiger partial charge in [-0.3, -0.25) is 0 Å². The fourth-order valence-electron chi connectivity index (χ4n) is 1.85. The molecular weight excluding hydrogens is 183 g/mol. The van der Waals surface area contributed by atoms with Gasteiger partial charge in [-0.1, -0.05) is 12.1 Å². The van der Waals surface area contributed by atoms with Crippen LogP contribution in [0.1, 0.15) is 18.9 Å². The van der Waals surface area contributed by atoms with Crippen LogP contribution >= 0.6 is 0 Å². The van der Waals surface area contributed by atoms with Crippen LogP contribution in [0.15, 0.2) is 24.3 Å². The summed E-state index contributed by atoms with van der Waals surface area (Å²) in [7, 11) is 0. The van der Waals surface area contributed by atoms with Gasteiger partial charge in [0.25, 0.3) is 0 Å². The quantitative estimate of drug-likeness (QED) is 0.742. The van der Waals surface area contributed by atoms with Crippen molar-refractivity contribution in [2.45, 2.75) is 25.0 Å². The molecule has 1 aliphatic heterocycles. The second-order valence-corrected chi connectivity index (χ2v) is 3.69. The number of ether oxygens (including phenoxy) is 1. The Morgan fingerprint density at radius 3 is 2.57 bits per heavy atom. The second-order valence-electron chi connectivity index (χ2n) is 3.69. The van der Waals surface area contributed by atoms with Gasteiger partial charge in [-0.05, 0) is 24.6 Å². The first-order valence-electron chi connectivity index (χ1n) is 4.73. The first kappa shape index (κ1) is 9.62. The van der Waals surface area contributed by atoms with Crippen molar-refractivity contribution in [3.8, 4) is 0 Å². The Labute approximate surface area is 82.3 Å². The van der Waals surface area contributed by atoms with Gasteiger partial charge in [-0.15, -0.1) is 0 Å². The molecule has 14 heavy (non-hydrogen) atoms. The second kappa shape index (κ2) is 3.33. The van der Waals surface area contributed by atoms with Gasteiger partial charge < -0.3 is 9.84 Å². The molecule has 1 aliphatic rings. The van der Waals surface area contributed by atoms with Gasteiger partial charge >= 0.3 is 0 Å². The van der Waals surface area contributed by atoms with Crippen molar-refractivity contribution in [1.29, 1.82) is 0 Å². The number of hydrogen-bond acceptors (Lipinski definition) is 2. The lowest BCUT2D eigenvalue weighted by Gasteiger charge is -2.26. The van der Waals surface area contributed by atoms with E-state index in [0.717, 1.165) is 5.56 Å². The van der Waals surface area contributed by atoms with Gasteiger partial charge in [-0.2, -0.15) is 0 Å². The summed E-state index contributed by atoms with van der Waals surface area (Å²) in [6.45, 7) is 2.38. The number of halogens is 1. The Morgan fingerprint density at radius 2 is 2.07 bits per heavy atom. The summed E-state index contributed by atoms with van der Waals surface area (Å²) in [6.07, 6.45) is 0.341. The predicted molar refractivity (Wildman–Crippen MR) is 50.3 cm³/mol. The molecule has 76 valence electrons. The zero-order chi connectivity index (χ0) is 10.2. The number of hydrogen-bond donors (Lipinski definition) is 1. The molecule has 0 aliphatic carbocycles. The van der Waals surface area contributed by atoms with Crippen molar-refractivity contribution >= 4 is 0 Å². The zero-order valence-corrected chi connectivity index (χ0v) is 8.03. The summed E-state index contributed by atoms with van der Waals surface area (Å²) in [4.78, 5) is 0.